The van der Waals surface area contributed by atoms with E-state index in [0.717, 1.165) is 0 Å². The minimum atomic E-state index is -0.718. The van der Waals surface area contributed by atoms with Crippen LogP contribution in [-0.4, -0.2) is 29.2 Å². The summed E-state index contributed by atoms with van der Waals surface area (Å²) in [6.07, 6.45) is 1.68. The predicted octanol–water partition coefficient (Wildman–Crippen LogP) is 1.24. The van der Waals surface area contributed by atoms with Crippen molar-refractivity contribution in [3.63, 3.8) is 0 Å². The first-order valence-electron chi connectivity index (χ1n) is 4.29. The highest BCUT2D eigenvalue weighted by atomic mass is 16.8. The van der Waals surface area contributed by atoms with Crippen molar-refractivity contribution in [3.05, 3.63) is 25.3 Å². The summed E-state index contributed by atoms with van der Waals surface area (Å²) >= 11 is 0. The van der Waals surface area contributed by atoms with Crippen molar-refractivity contribution < 1.29 is 14.6 Å². The van der Waals surface area contributed by atoms with E-state index < -0.39 is 18.0 Å². The van der Waals surface area contributed by atoms with Crippen molar-refractivity contribution in [3.8, 4) is 0 Å². The molecule has 0 bridgehead atoms. The smallest absolute Gasteiger partial charge is 0.164 e. The third kappa shape index (κ3) is 2.18. The summed E-state index contributed by atoms with van der Waals surface area (Å²) in [6.45, 7) is 10.7. The number of hydrogen-bond acceptors (Lipinski definition) is 3. The molecule has 0 saturated carbocycles. The molecule has 1 unspecified atom stereocenters. The van der Waals surface area contributed by atoms with Crippen LogP contribution in [0.3, 0.4) is 0 Å². The Hall–Kier alpha value is -0.640. The van der Waals surface area contributed by atoms with E-state index in [1.165, 1.54) is 6.08 Å². The molecule has 0 aromatic carbocycles. The van der Waals surface area contributed by atoms with Crippen LogP contribution in [-0.2, 0) is 9.47 Å². The van der Waals surface area contributed by atoms with Gasteiger partial charge in [0.2, 0.25) is 0 Å². The molecule has 1 heterocycles. The van der Waals surface area contributed by atoms with Crippen LogP contribution in [0, 0.1) is 0 Å². The summed E-state index contributed by atoms with van der Waals surface area (Å²) in [5, 5.41) is 9.52. The molecular formula is C10H16O3. The van der Waals surface area contributed by atoms with E-state index >= 15 is 0 Å². The number of ether oxygens (including phenoxy) is 2. The van der Waals surface area contributed by atoms with Crippen LogP contribution in [0.1, 0.15) is 13.8 Å². The van der Waals surface area contributed by atoms with Gasteiger partial charge in [0.1, 0.15) is 18.3 Å². The topological polar surface area (TPSA) is 38.7 Å². The lowest BCUT2D eigenvalue weighted by atomic mass is 10.1. The quantitative estimate of drug-likeness (QED) is 0.671. The first-order chi connectivity index (χ1) is 6.00. The lowest BCUT2D eigenvalue weighted by molar-refractivity contribution is -0.150. The summed E-state index contributed by atoms with van der Waals surface area (Å²) in [4.78, 5) is 0. The second-order valence-corrected chi connectivity index (χ2v) is 3.53. The molecule has 0 aliphatic carbocycles. The van der Waals surface area contributed by atoms with Gasteiger partial charge in [0, 0.05) is 0 Å². The molecule has 74 valence electrons. The van der Waals surface area contributed by atoms with Crippen molar-refractivity contribution >= 4 is 0 Å². The average Bonchev–Trinajstić information content (AvgIpc) is 2.39. The summed E-state index contributed by atoms with van der Waals surface area (Å²) in [6, 6.07) is 0. The highest BCUT2D eigenvalue weighted by molar-refractivity contribution is 5.00. The monoisotopic (exact) mass is 184 g/mol. The molecule has 3 atom stereocenters. The van der Waals surface area contributed by atoms with E-state index in [4.69, 9.17) is 9.47 Å². The molecule has 0 spiro atoms. The molecule has 1 aliphatic rings. The molecular weight excluding hydrogens is 168 g/mol. The molecule has 1 aliphatic heterocycles. The Kier molecular flexibility index (Phi) is 2.91. The minimum Gasteiger partial charge on any atom is -0.386 e. The average molecular weight is 184 g/mol. The van der Waals surface area contributed by atoms with Crippen LogP contribution >= 0.6 is 0 Å². The van der Waals surface area contributed by atoms with Gasteiger partial charge < -0.3 is 14.6 Å². The Morgan fingerprint density at radius 3 is 2.46 bits per heavy atom. The zero-order chi connectivity index (χ0) is 10.1. The second-order valence-electron chi connectivity index (χ2n) is 3.53. The summed E-state index contributed by atoms with van der Waals surface area (Å²) in [5.41, 5.74) is 0. The fraction of sp³-hybridized carbons (Fsp3) is 0.600. The molecule has 1 N–H and O–H groups in total. The maximum Gasteiger partial charge on any atom is 0.164 e. The van der Waals surface area contributed by atoms with E-state index in [1.807, 2.05) is 0 Å². The van der Waals surface area contributed by atoms with Gasteiger partial charge >= 0.3 is 0 Å². The van der Waals surface area contributed by atoms with Crippen molar-refractivity contribution in [2.45, 2.75) is 37.9 Å². The van der Waals surface area contributed by atoms with Crippen molar-refractivity contribution in [1.82, 2.24) is 0 Å². The van der Waals surface area contributed by atoms with Crippen LogP contribution < -0.4 is 0 Å². The first kappa shape index (κ1) is 10.4. The van der Waals surface area contributed by atoms with E-state index in [-0.39, 0.29) is 6.10 Å². The summed E-state index contributed by atoms with van der Waals surface area (Å²) in [5.74, 6) is -0.659. The third-order valence-electron chi connectivity index (χ3n) is 1.97. The second kappa shape index (κ2) is 3.62. The van der Waals surface area contributed by atoms with Crippen LogP contribution in [0.15, 0.2) is 25.3 Å². The van der Waals surface area contributed by atoms with Crippen molar-refractivity contribution in [1.29, 1.82) is 0 Å². The van der Waals surface area contributed by atoms with E-state index in [1.54, 1.807) is 19.9 Å². The van der Waals surface area contributed by atoms with Crippen LogP contribution in [0.25, 0.3) is 0 Å². The Morgan fingerprint density at radius 1 is 1.38 bits per heavy atom. The van der Waals surface area contributed by atoms with Gasteiger partial charge in [-0.2, -0.15) is 0 Å². The largest absolute Gasteiger partial charge is 0.386 e. The number of hydrogen-bond donors (Lipinski definition) is 1. The van der Waals surface area contributed by atoms with Gasteiger partial charge in [-0.15, -0.1) is 13.2 Å². The molecule has 1 rings (SSSR count). The Balaban J connectivity index is 2.74. The zero-order valence-electron chi connectivity index (χ0n) is 8.06. The molecule has 3 nitrogen and oxygen atoms in total. The molecule has 0 aromatic rings. The summed E-state index contributed by atoms with van der Waals surface area (Å²) < 4.78 is 11.0. The first-order valence-corrected chi connectivity index (χ1v) is 4.29. The van der Waals surface area contributed by atoms with Crippen LogP contribution in [0.2, 0.25) is 0 Å². The Morgan fingerprint density at radius 2 is 2.00 bits per heavy atom. The van der Waals surface area contributed by atoms with Gasteiger partial charge in [-0.25, -0.2) is 0 Å². The number of aliphatic hydroxyl groups excluding tert-OH is 1. The predicted molar refractivity (Wildman–Crippen MR) is 50.2 cm³/mol. The van der Waals surface area contributed by atoms with Crippen molar-refractivity contribution in [2.75, 3.05) is 0 Å². The van der Waals surface area contributed by atoms with Gasteiger partial charge in [-0.3, -0.25) is 0 Å². The lowest BCUT2D eigenvalue weighted by Gasteiger charge is -2.18. The zero-order valence-corrected chi connectivity index (χ0v) is 8.06. The lowest BCUT2D eigenvalue weighted by Crippen LogP contribution is -2.32. The molecule has 0 amide bonds. The SMILES string of the molecule is C=C[C@@H](O)C1OC(C)(C)O[C@H]1C=C. The van der Waals surface area contributed by atoms with Crippen molar-refractivity contribution in [2.24, 2.45) is 0 Å². The van der Waals surface area contributed by atoms with Crippen LogP contribution in [0.5, 0.6) is 0 Å². The summed E-state index contributed by atoms with van der Waals surface area (Å²) in [7, 11) is 0. The highest BCUT2D eigenvalue weighted by Crippen LogP contribution is 2.30. The number of aliphatic hydroxyl groups is 1. The molecule has 0 aromatic heterocycles. The molecule has 3 heteroatoms. The van der Waals surface area contributed by atoms with Gasteiger partial charge in [0.15, 0.2) is 5.79 Å². The minimum absolute atomic E-state index is 0.275. The van der Waals surface area contributed by atoms with E-state index in [0.29, 0.717) is 0 Å². The van der Waals surface area contributed by atoms with Crippen LogP contribution in [0.4, 0.5) is 0 Å². The molecule has 0 radical (unpaired) electrons. The fourth-order valence-electron chi connectivity index (χ4n) is 1.40. The van der Waals surface area contributed by atoms with Gasteiger partial charge in [-0.1, -0.05) is 12.2 Å². The van der Waals surface area contributed by atoms with E-state index in [2.05, 4.69) is 13.2 Å². The van der Waals surface area contributed by atoms with E-state index in [9.17, 15) is 5.11 Å². The van der Waals surface area contributed by atoms with Gasteiger partial charge in [0.25, 0.3) is 0 Å². The Bertz CT molecular complexity index is 210. The maximum absolute atomic E-state index is 9.52. The highest BCUT2D eigenvalue weighted by Gasteiger charge is 2.42. The number of rotatable bonds is 3. The molecule has 13 heavy (non-hydrogen) atoms. The van der Waals surface area contributed by atoms with Gasteiger partial charge in [-0.05, 0) is 13.8 Å². The Labute approximate surface area is 78.7 Å². The normalized spacial score (nSPS) is 34.1. The van der Waals surface area contributed by atoms with Gasteiger partial charge in [0.05, 0.1) is 0 Å². The molecule has 1 fully saturated rings. The maximum atomic E-state index is 9.52. The molecule has 1 saturated heterocycles. The fourth-order valence-corrected chi connectivity index (χ4v) is 1.40. The third-order valence-corrected chi connectivity index (χ3v) is 1.97. The standard InChI is InChI=1S/C10H16O3/c1-5-7(11)9-8(6-2)12-10(3,4)13-9/h5-9,11H,1-2H2,3-4H3/t7-,8+,9?/m1/s1.